The Labute approximate surface area is 123 Å². The minimum absolute atomic E-state index is 0.0190. The van der Waals surface area contributed by atoms with Gasteiger partial charge in [-0.15, -0.1) is 0 Å². The Morgan fingerprint density at radius 1 is 1.29 bits per heavy atom. The Balaban J connectivity index is 2.22. The quantitative estimate of drug-likeness (QED) is 0.845. The van der Waals surface area contributed by atoms with Crippen LogP contribution in [0.25, 0.3) is 0 Å². The highest BCUT2D eigenvalue weighted by Gasteiger charge is 2.20. The van der Waals surface area contributed by atoms with E-state index in [2.05, 4.69) is 4.72 Å². The average Bonchev–Trinajstić information content (AvgIpc) is 2.90. The van der Waals surface area contributed by atoms with Gasteiger partial charge >= 0.3 is 0 Å². The van der Waals surface area contributed by atoms with Gasteiger partial charge in [0.05, 0.1) is 20.3 Å². The summed E-state index contributed by atoms with van der Waals surface area (Å²) in [6, 6.07) is 7.91. The van der Waals surface area contributed by atoms with Crippen LogP contribution in [0.15, 0.2) is 39.6 Å². The first-order chi connectivity index (χ1) is 9.96. The first-order valence-corrected chi connectivity index (χ1v) is 7.77. The molecule has 0 saturated carbocycles. The largest absolute Gasteiger partial charge is 0.495 e. The van der Waals surface area contributed by atoms with Crippen molar-refractivity contribution < 1.29 is 22.7 Å². The van der Waals surface area contributed by atoms with E-state index in [1.54, 1.807) is 19.1 Å². The maximum Gasteiger partial charge on any atom is 0.244 e. The summed E-state index contributed by atoms with van der Waals surface area (Å²) in [5.74, 6) is 1.43. The van der Waals surface area contributed by atoms with Crippen LogP contribution in [-0.4, -0.2) is 20.6 Å². The molecule has 0 radical (unpaired) electrons. The van der Waals surface area contributed by atoms with Crippen molar-refractivity contribution in [2.45, 2.75) is 25.0 Å². The standard InChI is InChI=1S/C14H17NO5S/c1-10-3-5-12(20-10)8-15-21(17,18)14-6-4-11(9-16)7-13(14)19-2/h3-7,15-16H,8-9H2,1-2H3. The van der Waals surface area contributed by atoms with Crippen molar-refractivity contribution in [1.29, 1.82) is 0 Å². The fourth-order valence-corrected chi connectivity index (χ4v) is 3.00. The second-order valence-corrected chi connectivity index (χ2v) is 6.22. The van der Waals surface area contributed by atoms with Crippen molar-refractivity contribution in [2.24, 2.45) is 0 Å². The molecular weight excluding hydrogens is 294 g/mol. The number of hydrogen-bond donors (Lipinski definition) is 2. The SMILES string of the molecule is COc1cc(CO)ccc1S(=O)(=O)NCc1ccc(C)o1. The van der Waals surface area contributed by atoms with E-state index in [1.165, 1.54) is 25.3 Å². The Hall–Kier alpha value is -1.83. The first-order valence-electron chi connectivity index (χ1n) is 6.29. The Morgan fingerprint density at radius 2 is 2.05 bits per heavy atom. The molecule has 2 aromatic rings. The molecule has 0 aliphatic heterocycles. The van der Waals surface area contributed by atoms with Gasteiger partial charge in [-0.25, -0.2) is 13.1 Å². The highest BCUT2D eigenvalue weighted by molar-refractivity contribution is 7.89. The average molecular weight is 311 g/mol. The number of benzene rings is 1. The topological polar surface area (TPSA) is 88.8 Å². The van der Waals surface area contributed by atoms with Gasteiger partial charge in [-0.1, -0.05) is 6.07 Å². The molecule has 1 aromatic heterocycles. The molecule has 0 aliphatic carbocycles. The molecule has 0 amide bonds. The van der Waals surface area contributed by atoms with E-state index in [0.717, 1.165) is 0 Å². The van der Waals surface area contributed by atoms with Crippen molar-refractivity contribution >= 4 is 10.0 Å². The van der Waals surface area contributed by atoms with Gasteiger partial charge in [0.1, 0.15) is 22.2 Å². The number of methoxy groups -OCH3 is 1. The minimum Gasteiger partial charge on any atom is -0.495 e. The van der Waals surface area contributed by atoms with Crippen molar-refractivity contribution in [3.8, 4) is 5.75 Å². The molecule has 0 atom stereocenters. The Kier molecular flexibility index (Phi) is 4.66. The first kappa shape index (κ1) is 15.6. The van der Waals surface area contributed by atoms with Crippen LogP contribution in [0.1, 0.15) is 17.1 Å². The molecule has 0 spiro atoms. The molecule has 114 valence electrons. The van der Waals surface area contributed by atoms with E-state index >= 15 is 0 Å². The van der Waals surface area contributed by atoms with Crippen LogP contribution < -0.4 is 9.46 Å². The number of nitrogens with one attached hydrogen (secondary N) is 1. The lowest BCUT2D eigenvalue weighted by Crippen LogP contribution is -2.23. The smallest absolute Gasteiger partial charge is 0.244 e. The highest BCUT2D eigenvalue weighted by atomic mass is 32.2. The number of rotatable bonds is 6. The maximum absolute atomic E-state index is 12.3. The molecule has 6 nitrogen and oxygen atoms in total. The van der Waals surface area contributed by atoms with Crippen molar-refractivity contribution in [1.82, 2.24) is 4.72 Å². The number of sulfonamides is 1. The molecule has 1 heterocycles. The molecule has 0 saturated heterocycles. The predicted octanol–water partition coefficient (Wildman–Crippen LogP) is 1.57. The van der Waals surface area contributed by atoms with Crippen LogP contribution in [0.2, 0.25) is 0 Å². The van der Waals surface area contributed by atoms with E-state index in [-0.39, 0.29) is 23.8 Å². The van der Waals surface area contributed by atoms with Gasteiger partial charge in [0.25, 0.3) is 0 Å². The molecule has 0 aliphatic rings. The third-order valence-corrected chi connectivity index (χ3v) is 4.37. The molecule has 0 fully saturated rings. The Morgan fingerprint density at radius 3 is 2.62 bits per heavy atom. The molecule has 0 bridgehead atoms. The number of aliphatic hydroxyl groups excluding tert-OH is 1. The monoisotopic (exact) mass is 311 g/mol. The third-order valence-electron chi connectivity index (χ3n) is 2.93. The van der Waals surface area contributed by atoms with Crippen molar-refractivity contribution in [2.75, 3.05) is 7.11 Å². The number of aryl methyl sites for hydroxylation is 1. The van der Waals surface area contributed by atoms with Gasteiger partial charge in [0.2, 0.25) is 10.0 Å². The molecule has 21 heavy (non-hydrogen) atoms. The van der Waals surface area contributed by atoms with E-state index in [9.17, 15) is 8.42 Å². The second kappa shape index (κ2) is 6.30. The summed E-state index contributed by atoms with van der Waals surface area (Å²) in [5, 5.41) is 9.07. The molecule has 7 heteroatoms. The molecular formula is C14H17NO5S. The lowest BCUT2D eigenvalue weighted by atomic mass is 10.2. The lowest BCUT2D eigenvalue weighted by Gasteiger charge is -2.11. The van der Waals surface area contributed by atoms with E-state index in [0.29, 0.717) is 17.1 Å². The van der Waals surface area contributed by atoms with Gasteiger partial charge in [0.15, 0.2) is 0 Å². The second-order valence-electron chi connectivity index (χ2n) is 4.48. The Bertz CT molecular complexity index is 721. The number of ether oxygens (including phenoxy) is 1. The summed E-state index contributed by atoms with van der Waals surface area (Å²) in [4.78, 5) is 0.0190. The van der Waals surface area contributed by atoms with E-state index < -0.39 is 10.0 Å². The van der Waals surface area contributed by atoms with Crippen LogP contribution in [0.5, 0.6) is 5.75 Å². The minimum atomic E-state index is -3.73. The van der Waals surface area contributed by atoms with Crippen LogP contribution in [-0.2, 0) is 23.2 Å². The highest BCUT2D eigenvalue weighted by Crippen LogP contribution is 2.25. The summed E-state index contributed by atoms with van der Waals surface area (Å²) in [5.41, 5.74) is 0.576. The molecule has 1 aromatic carbocycles. The fraction of sp³-hybridized carbons (Fsp3) is 0.286. The summed E-state index contributed by atoms with van der Waals surface area (Å²) >= 11 is 0. The van der Waals surface area contributed by atoms with E-state index in [1.807, 2.05) is 0 Å². The maximum atomic E-state index is 12.3. The molecule has 2 rings (SSSR count). The fourth-order valence-electron chi connectivity index (χ4n) is 1.86. The van der Waals surface area contributed by atoms with Crippen LogP contribution in [0.4, 0.5) is 0 Å². The summed E-state index contributed by atoms with van der Waals surface area (Å²) < 4.78 is 37.4. The van der Waals surface area contributed by atoms with Gasteiger partial charge < -0.3 is 14.3 Å². The predicted molar refractivity (Wildman–Crippen MR) is 76.4 cm³/mol. The zero-order valence-electron chi connectivity index (χ0n) is 11.8. The van der Waals surface area contributed by atoms with Crippen LogP contribution in [0.3, 0.4) is 0 Å². The third kappa shape index (κ3) is 3.63. The van der Waals surface area contributed by atoms with Crippen LogP contribution >= 0.6 is 0 Å². The van der Waals surface area contributed by atoms with Gasteiger partial charge in [-0.3, -0.25) is 0 Å². The van der Waals surface area contributed by atoms with Crippen LogP contribution in [0, 0.1) is 6.92 Å². The van der Waals surface area contributed by atoms with Gasteiger partial charge in [-0.05, 0) is 36.8 Å². The zero-order valence-corrected chi connectivity index (χ0v) is 12.6. The summed E-state index contributed by atoms with van der Waals surface area (Å²) in [6.45, 7) is 1.66. The number of hydrogen-bond acceptors (Lipinski definition) is 5. The van der Waals surface area contributed by atoms with Gasteiger partial charge in [0, 0.05) is 0 Å². The zero-order chi connectivity index (χ0) is 15.5. The summed E-state index contributed by atoms with van der Waals surface area (Å²) in [7, 11) is -2.35. The van der Waals surface area contributed by atoms with Crippen molar-refractivity contribution in [3.63, 3.8) is 0 Å². The van der Waals surface area contributed by atoms with Gasteiger partial charge in [-0.2, -0.15) is 0 Å². The normalized spacial score (nSPS) is 11.6. The molecule has 2 N–H and O–H groups in total. The summed E-state index contributed by atoms with van der Waals surface area (Å²) in [6.07, 6.45) is 0. The molecule has 0 unspecified atom stereocenters. The van der Waals surface area contributed by atoms with E-state index in [4.69, 9.17) is 14.3 Å². The number of furan rings is 1. The van der Waals surface area contributed by atoms with Crippen molar-refractivity contribution in [3.05, 3.63) is 47.4 Å². The number of aliphatic hydroxyl groups is 1. The lowest BCUT2D eigenvalue weighted by molar-refractivity contribution is 0.280.